The molecular formula is C5H12AlO8P. The summed E-state index contributed by atoms with van der Waals surface area (Å²) in [6.45, 7) is -1.62. The summed E-state index contributed by atoms with van der Waals surface area (Å²) in [5.74, 6) is 0. The molecule has 0 aliphatic rings. The fourth-order valence-electron chi connectivity index (χ4n) is 0.300. The molecule has 0 amide bonds. The molecule has 10 heteroatoms. The van der Waals surface area contributed by atoms with E-state index in [4.69, 9.17) is 39.7 Å². The molecule has 8 nitrogen and oxygen atoms in total. The van der Waals surface area contributed by atoms with Gasteiger partial charge in [-0.2, -0.15) is 7.82 Å². The Bertz CT molecular complexity index is 152. The van der Waals surface area contributed by atoms with Crippen LogP contribution < -0.4 is 14.7 Å². The summed E-state index contributed by atoms with van der Waals surface area (Å²) in [5, 5.41) is 34.0. The smallest absolute Gasteiger partial charge is 0.822 e. The Labute approximate surface area is 97.2 Å². The van der Waals surface area contributed by atoms with Crippen LogP contribution in [0.4, 0.5) is 0 Å². The number of hydrogen-bond donors (Lipinski definition) is 4. The third-order valence-corrected chi connectivity index (χ3v) is 1.34. The van der Waals surface area contributed by atoms with Crippen molar-refractivity contribution >= 4 is 25.2 Å². The van der Waals surface area contributed by atoms with Crippen LogP contribution >= 0.6 is 7.82 Å². The molecule has 0 heterocycles. The molecule has 0 bridgehead atoms. The molecule has 88 valence electrons. The van der Waals surface area contributed by atoms with E-state index in [0.29, 0.717) is 0 Å². The van der Waals surface area contributed by atoms with E-state index in [0.717, 1.165) is 0 Å². The van der Waals surface area contributed by atoms with Crippen molar-refractivity contribution in [1.29, 1.82) is 0 Å². The minimum atomic E-state index is -5.39. The molecule has 0 aromatic rings. The van der Waals surface area contributed by atoms with Gasteiger partial charge in [-0.25, -0.2) is 0 Å². The van der Waals surface area contributed by atoms with Gasteiger partial charge in [0.15, 0.2) is 0 Å². The Hall–Kier alpha value is 0.482. The molecule has 0 fully saturated rings. The van der Waals surface area contributed by atoms with Crippen molar-refractivity contribution in [3.05, 3.63) is 0 Å². The SMILES string of the molecule is O=P([O-])([O-])[O-].OCC(CO)(CO)CO.[Al+3]. The molecule has 15 heavy (non-hydrogen) atoms. The number of rotatable bonds is 4. The number of aliphatic hydroxyl groups excluding tert-OH is 4. The van der Waals surface area contributed by atoms with Crippen molar-refractivity contribution in [1.82, 2.24) is 0 Å². The van der Waals surface area contributed by atoms with Gasteiger partial charge in [-0.05, 0) is 0 Å². The monoisotopic (exact) mass is 258 g/mol. The number of hydrogen-bond acceptors (Lipinski definition) is 8. The summed E-state index contributed by atoms with van der Waals surface area (Å²) in [6, 6.07) is 0. The van der Waals surface area contributed by atoms with Gasteiger partial charge in [0.05, 0.1) is 31.8 Å². The van der Waals surface area contributed by atoms with E-state index >= 15 is 0 Å². The van der Waals surface area contributed by atoms with Gasteiger partial charge < -0.3 is 39.7 Å². The zero-order chi connectivity index (χ0) is 11.8. The van der Waals surface area contributed by atoms with Crippen LogP contribution in [0.25, 0.3) is 0 Å². The molecular weight excluding hydrogens is 246 g/mol. The maximum Gasteiger partial charge on any atom is 3.00 e. The average molecular weight is 258 g/mol. The zero-order valence-corrected chi connectivity index (χ0v) is 9.82. The summed E-state index contributed by atoms with van der Waals surface area (Å²) in [4.78, 5) is 25.6. The molecule has 0 radical (unpaired) electrons. The predicted molar refractivity (Wildman–Crippen MR) is 44.1 cm³/mol. The van der Waals surface area contributed by atoms with Gasteiger partial charge in [0.25, 0.3) is 0 Å². The van der Waals surface area contributed by atoms with E-state index in [1.54, 1.807) is 0 Å². The summed E-state index contributed by atoms with van der Waals surface area (Å²) >= 11 is 0. The molecule has 0 saturated heterocycles. The van der Waals surface area contributed by atoms with Gasteiger partial charge in [-0.1, -0.05) is 0 Å². The molecule has 0 aliphatic carbocycles. The maximum absolute atomic E-state index is 8.55. The van der Waals surface area contributed by atoms with Crippen LogP contribution in [0.15, 0.2) is 0 Å². The minimum Gasteiger partial charge on any atom is -0.822 e. The Kier molecular flexibility index (Phi) is 13.5. The van der Waals surface area contributed by atoms with Crippen LogP contribution in [-0.4, -0.2) is 64.2 Å². The predicted octanol–water partition coefficient (Wildman–Crippen LogP) is -5.26. The third kappa shape index (κ3) is 14.5. The second kappa shape index (κ2) is 9.69. The normalized spacial score (nSPS) is 11.1. The Morgan fingerprint density at radius 3 is 1.00 bits per heavy atom. The van der Waals surface area contributed by atoms with Crippen LogP contribution in [0.1, 0.15) is 0 Å². The number of phosphoric acid groups is 1. The van der Waals surface area contributed by atoms with Crippen LogP contribution in [0.2, 0.25) is 0 Å². The van der Waals surface area contributed by atoms with E-state index in [1.807, 2.05) is 0 Å². The Balaban J connectivity index is -0.000000208. The zero-order valence-electron chi connectivity index (χ0n) is 7.77. The largest absolute Gasteiger partial charge is 3.00 e. The summed E-state index contributed by atoms with van der Waals surface area (Å²) < 4.78 is 8.55. The van der Waals surface area contributed by atoms with Gasteiger partial charge in [-0.3, -0.25) is 0 Å². The molecule has 4 N–H and O–H groups in total. The van der Waals surface area contributed by atoms with Crippen LogP contribution in [0.3, 0.4) is 0 Å². The second-order valence-electron chi connectivity index (χ2n) is 2.58. The second-order valence-corrected chi connectivity index (χ2v) is 3.47. The minimum absolute atomic E-state index is 0. The first-order valence-electron chi connectivity index (χ1n) is 3.41. The molecule has 0 aromatic carbocycles. The molecule has 0 rings (SSSR count). The molecule has 0 aromatic heterocycles. The van der Waals surface area contributed by atoms with E-state index in [-0.39, 0.29) is 17.4 Å². The fraction of sp³-hybridized carbons (Fsp3) is 1.00. The number of aliphatic hydroxyl groups is 4. The van der Waals surface area contributed by atoms with E-state index in [2.05, 4.69) is 0 Å². The van der Waals surface area contributed by atoms with Crippen molar-refractivity contribution in [2.45, 2.75) is 0 Å². The van der Waals surface area contributed by atoms with Crippen LogP contribution in [-0.2, 0) is 4.57 Å². The molecule has 0 saturated carbocycles. The first-order valence-corrected chi connectivity index (χ1v) is 4.87. The van der Waals surface area contributed by atoms with Gasteiger partial charge in [-0.15, -0.1) is 0 Å². The van der Waals surface area contributed by atoms with Crippen molar-refractivity contribution in [2.24, 2.45) is 5.41 Å². The summed E-state index contributed by atoms with van der Waals surface area (Å²) in [5.41, 5.74) is -1.11. The van der Waals surface area contributed by atoms with E-state index < -0.39 is 39.7 Å². The van der Waals surface area contributed by atoms with E-state index in [9.17, 15) is 0 Å². The van der Waals surface area contributed by atoms with Crippen LogP contribution in [0.5, 0.6) is 0 Å². The Morgan fingerprint density at radius 1 is 0.867 bits per heavy atom. The fourth-order valence-corrected chi connectivity index (χ4v) is 0.300. The molecule has 0 unspecified atom stereocenters. The van der Waals surface area contributed by atoms with Gasteiger partial charge in [0, 0.05) is 0 Å². The molecule has 0 atom stereocenters. The van der Waals surface area contributed by atoms with E-state index in [1.165, 1.54) is 0 Å². The third-order valence-electron chi connectivity index (χ3n) is 1.34. The van der Waals surface area contributed by atoms with Crippen LogP contribution in [0, 0.1) is 5.41 Å². The van der Waals surface area contributed by atoms with Crippen molar-refractivity contribution in [3.63, 3.8) is 0 Å². The quantitative estimate of drug-likeness (QED) is 0.286. The van der Waals surface area contributed by atoms with Crippen molar-refractivity contribution in [2.75, 3.05) is 26.4 Å². The topological polar surface area (TPSA) is 167 Å². The Morgan fingerprint density at radius 2 is 1.00 bits per heavy atom. The molecule has 0 aliphatic heterocycles. The first kappa shape index (κ1) is 20.8. The van der Waals surface area contributed by atoms with Gasteiger partial charge in [0.1, 0.15) is 0 Å². The summed E-state index contributed by atoms with van der Waals surface area (Å²) in [6.07, 6.45) is 0. The first-order chi connectivity index (χ1) is 6.24. The standard InChI is InChI=1S/C5H12O4.Al.H3O4P/c6-1-5(2-7,3-8)4-9;;1-5(2,3)4/h6-9H,1-4H2;;(H3,1,2,3,4)/q;+3;/p-3. The van der Waals surface area contributed by atoms with Crippen molar-refractivity contribution < 1.29 is 39.7 Å². The average Bonchev–Trinajstić information content (AvgIpc) is 2.07. The van der Waals surface area contributed by atoms with Crippen molar-refractivity contribution in [3.8, 4) is 0 Å². The maximum atomic E-state index is 8.55. The van der Waals surface area contributed by atoms with Gasteiger partial charge in [0.2, 0.25) is 0 Å². The molecule has 0 spiro atoms. The summed E-state index contributed by atoms with van der Waals surface area (Å²) in [7, 11) is -5.39. The van der Waals surface area contributed by atoms with Gasteiger partial charge >= 0.3 is 17.4 Å².